The van der Waals surface area contributed by atoms with E-state index in [-0.39, 0.29) is 18.9 Å². The summed E-state index contributed by atoms with van der Waals surface area (Å²) in [4.78, 5) is 49.1. The first kappa shape index (κ1) is 21.7. The summed E-state index contributed by atoms with van der Waals surface area (Å²) in [6.45, 7) is 10.5. The molecule has 26 heavy (non-hydrogen) atoms. The maximum Gasteiger partial charge on any atom is 0.408 e. The van der Waals surface area contributed by atoms with Crippen molar-refractivity contribution >= 4 is 23.8 Å². The van der Waals surface area contributed by atoms with Crippen LogP contribution in [0.25, 0.3) is 0 Å². The third kappa shape index (κ3) is 5.31. The van der Waals surface area contributed by atoms with Crippen LogP contribution in [0.1, 0.15) is 48.0 Å². The zero-order valence-electron chi connectivity index (χ0n) is 16.2. The highest BCUT2D eigenvalue weighted by Crippen LogP contribution is 2.26. The monoisotopic (exact) mass is 368 g/mol. The van der Waals surface area contributed by atoms with Crippen molar-refractivity contribution in [2.24, 2.45) is 5.92 Å². The van der Waals surface area contributed by atoms with Gasteiger partial charge in [0, 0.05) is 12.5 Å². The molecular weight excluding hydrogens is 340 g/mol. The zero-order chi connectivity index (χ0) is 20.1. The first-order valence-corrected chi connectivity index (χ1v) is 8.62. The van der Waals surface area contributed by atoms with E-state index < -0.39 is 40.9 Å². The van der Waals surface area contributed by atoms with E-state index in [1.807, 2.05) is 0 Å². The number of hydrogen-bond acceptors (Lipinski definition) is 6. The molecule has 8 nitrogen and oxygen atoms in total. The van der Waals surface area contributed by atoms with Crippen molar-refractivity contribution in [1.82, 2.24) is 10.6 Å². The number of esters is 1. The first-order chi connectivity index (χ1) is 11.9. The van der Waals surface area contributed by atoms with Gasteiger partial charge in [-0.1, -0.05) is 19.9 Å². The van der Waals surface area contributed by atoms with Gasteiger partial charge in [0.2, 0.25) is 0 Å². The zero-order valence-corrected chi connectivity index (χ0v) is 16.2. The Kier molecular flexibility index (Phi) is 6.94. The van der Waals surface area contributed by atoms with Gasteiger partial charge in [0.15, 0.2) is 11.3 Å². The Bertz CT molecular complexity index is 605. The van der Waals surface area contributed by atoms with Crippen LogP contribution in [-0.2, 0) is 23.9 Å². The standard InChI is InChI=1S/C18H28N2O6/c1-7-25-12(21)9-8-10-18(20-16(24)26-17(4,5)6)14(22)13(11(2)3)19-15(18)23/h8-9,11,13H,7,10H2,1-6H3,(H,19,23)(H,20,24)/b9-8+/t13-,18+/m0/s1. The fraction of sp³-hybridized carbons (Fsp3) is 0.667. The molecule has 0 spiro atoms. The number of alkyl carbamates (subject to hydrolysis) is 1. The Morgan fingerprint density at radius 2 is 1.92 bits per heavy atom. The molecule has 0 saturated carbocycles. The lowest BCUT2D eigenvalue weighted by Gasteiger charge is -2.28. The maximum absolute atomic E-state index is 12.9. The van der Waals surface area contributed by atoms with Gasteiger partial charge < -0.3 is 14.8 Å². The summed E-state index contributed by atoms with van der Waals surface area (Å²) in [5, 5.41) is 5.03. The molecule has 0 aliphatic carbocycles. The summed E-state index contributed by atoms with van der Waals surface area (Å²) in [5.41, 5.74) is -2.61. The van der Waals surface area contributed by atoms with Crippen molar-refractivity contribution in [1.29, 1.82) is 0 Å². The summed E-state index contributed by atoms with van der Waals surface area (Å²) in [6, 6.07) is -0.728. The minimum Gasteiger partial charge on any atom is -0.463 e. The molecule has 0 unspecified atom stereocenters. The van der Waals surface area contributed by atoms with E-state index in [0.29, 0.717) is 0 Å². The van der Waals surface area contributed by atoms with Crippen LogP contribution in [0.4, 0.5) is 4.79 Å². The molecule has 1 saturated heterocycles. The summed E-state index contributed by atoms with van der Waals surface area (Å²) in [7, 11) is 0. The average Bonchev–Trinajstić information content (AvgIpc) is 2.71. The molecule has 2 atom stereocenters. The van der Waals surface area contributed by atoms with Crippen LogP contribution >= 0.6 is 0 Å². The van der Waals surface area contributed by atoms with Crippen LogP contribution < -0.4 is 10.6 Å². The van der Waals surface area contributed by atoms with Crippen LogP contribution in [0.2, 0.25) is 0 Å². The second-order valence-corrected chi connectivity index (χ2v) is 7.45. The van der Waals surface area contributed by atoms with Gasteiger partial charge in [0.25, 0.3) is 5.91 Å². The quantitative estimate of drug-likeness (QED) is 0.417. The van der Waals surface area contributed by atoms with Crippen molar-refractivity contribution in [3.63, 3.8) is 0 Å². The molecule has 0 bridgehead atoms. The second-order valence-electron chi connectivity index (χ2n) is 7.45. The number of hydrogen-bond donors (Lipinski definition) is 2. The van der Waals surface area contributed by atoms with E-state index in [2.05, 4.69) is 10.6 Å². The van der Waals surface area contributed by atoms with Crippen LogP contribution in [0.3, 0.4) is 0 Å². The molecule has 1 rings (SSSR count). The van der Waals surface area contributed by atoms with Gasteiger partial charge in [-0.05, 0) is 33.6 Å². The fourth-order valence-corrected chi connectivity index (χ4v) is 2.54. The molecule has 0 aromatic heterocycles. The Morgan fingerprint density at radius 1 is 1.31 bits per heavy atom. The van der Waals surface area contributed by atoms with E-state index in [1.165, 1.54) is 6.08 Å². The molecule has 2 N–H and O–H groups in total. The van der Waals surface area contributed by atoms with E-state index in [1.54, 1.807) is 41.5 Å². The van der Waals surface area contributed by atoms with E-state index in [9.17, 15) is 19.2 Å². The minimum absolute atomic E-state index is 0.150. The predicted molar refractivity (Wildman–Crippen MR) is 94.3 cm³/mol. The maximum atomic E-state index is 12.9. The summed E-state index contributed by atoms with van der Waals surface area (Å²) in [6.07, 6.45) is 1.41. The SMILES string of the molecule is CCOC(=O)/C=C/C[C@]1(NC(=O)OC(C)(C)C)C(=O)N[C@@H](C(C)C)C1=O. The van der Waals surface area contributed by atoms with Crippen LogP contribution in [0, 0.1) is 5.92 Å². The van der Waals surface area contributed by atoms with Crippen molar-refractivity contribution in [2.45, 2.75) is 65.1 Å². The fourth-order valence-electron chi connectivity index (χ4n) is 2.54. The van der Waals surface area contributed by atoms with E-state index in [0.717, 1.165) is 6.08 Å². The van der Waals surface area contributed by atoms with Gasteiger partial charge in [0.05, 0.1) is 12.6 Å². The van der Waals surface area contributed by atoms with Gasteiger partial charge in [0.1, 0.15) is 5.60 Å². The number of amides is 2. The van der Waals surface area contributed by atoms with Crippen LogP contribution in [0.5, 0.6) is 0 Å². The van der Waals surface area contributed by atoms with Crippen LogP contribution in [0.15, 0.2) is 12.2 Å². The lowest BCUT2D eigenvalue weighted by Crippen LogP contribution is -2.58. The topological polar surface area (TPSA) is 111 Å². The second kappa shape index (κ2) is 8.33. The number of carbonyl (C=O) groups is 4. The van der Waals surface area contributed by atoms with Crippen molar-refractivity contribution in [2.75, 3.05) is 6.61 Å². The lowest BCUT2D eigenvalue weighted by atomic mass is 9.86. The van der Waals surface area contributed by atoms with Gasteiger partial charge in [-0.3, -0.25) is 14.9 Å². The van der Waals surface area contributed by atoms with E-state index >= 15 is 0 Å². The smallest absolute Gasteiger partial charge is 0.408 e. The molecular formula is C18H28N2O6. The first-order valence-electron chi connectivity index (χ1n) is 8.62. The number of ether oxygens (including phenoxy) is 2. The third-order valence-electron chi connectivity index (χ3n) is 3.72. The van der Waals surface area contributed by atoms with Gasteiger partial charge in [-0.25, -0.2) is 9.59 Å². The predicted octanol–water partition coefficient (Wildman–Crippen LogP) is 1.48. The van der Waals surface area contributed by atoms with E-state index in [4.69, 9.17) is 9.47 Å². The van der Waals surface area contributed by atoms with Crippen molar-refractivity contribution in [3.05, 3.63) is 12.2 Å². The Balaban J connectivity index is 3.09. The molecule has 8 heteroatoms. The molecule has 0 aromatic rings. The number of rotatable bonds is 6. The van der Waals surface area contributed by atoms with Crippen molar-refractivity contribution in [3.8, 4) is 0 Å². The Labute approximate surface area is 153 Å². The third-order valence-corrected chi connectivity index (χ3v) is 3.72. The minimum atomic E-state index is -1.82. The number of Topliss-reactive ketones (excluding diaryl/α,β-unsaturated/α-hetero) is 1. The number of carbonyl (C=O) groups excluding carboxylic acids is 4. The largest absolute Gasteiger partial charge is 0.463 e. The molecule has 2 amide bonds. The average molecular weight is 368 g/mol. The molecule has 146 valence electrons. The van der Waals surface area contributed by atoms with Gasteiger partial charge in [-0.15, -0.1) is 0 Å². The summed E-state index contributed by atoms with van der Waals surface area (Å²) in [5.74, 6) is -1.83. The molecule has 1 aliphatic rings. The Morgan fingerprint density at radius 3 is 2.38 bits per heavy atom. The highest BCUT2D eigenvalue weighted by atomic mass is 16.6. The Hall–Kier alpha value is -2.38. The number of ketones is 1. The molecule has 0 aromatic carbocycles. The van der Waals surface area contributed by atoms with Gasteiger partial charge >= 0.3 is 12.1 Å². The summed E-state index contributed by atoms with van der Waals surface area (Å²) >= 11 is 0. The molecule has 0 radical (unpaired) electrons. The lowest BCUT2D eigenvalue weighted by molar-refractivity contribution is -0.137. The van der Waals surface area contributed by atoms with Gasteiger partial charge in [-0.2, -0.15) is 0 Å². The highest BCUT2D eigenvalue weighted by Gasteiger charge is 2.56. The molecule has 1 fully saturated rings. The summed E-state index contributed by atoms with van der Waals surface area (Å²) < 4.78 is 9.96. The van der Waals surface area contributed by atoms with Crippen molar-refractivity contribution < 1.29 is 28.7 Å². The molecule has 1 aliphatic heterocycles. The van der Waals surface area contributed by atoms with Crippen LogP contribution in [-0.4, -0.2) is 47.5 Å². The normalized spacial score (nSPS) is 23.3. The number of nitrogens with one attached hydrogen (secondary N) is 2. The highest BCUT2D eigenvalue weighted by molar-refractivity contribution is 6.20. The molecule has 1 heterocycles.